The number of benzene rings is 2. The van der Waals surface area contributed by atoms with Crippen molar-refractivity contribution in [2.75, 3.05) is 4.90 Å². The second-order valence-electron chi connectivity index (χ2n) is 5.07. The number of hydrogen-bond donors (Lipinski definition) is 2. The number of carbonyl (C=O) groups excluding carboxylic acids is 1. The van der Waals surface area contributed by atoms with E-state index in [4.69, 9.17) is 0 Å². The number of rotatable bonds is 4. The first-order valence-electron chi connectivity index (χ1n) is 7.25. The van der Waals surface area contributed by atoms with Crippen LogP contribution in [0.5, 0.6) is 0 Å². The molecule has 2 aromatic carbocycles. The fourth-order valence-electron chi connectivity index (χ4n) is 2.27. The molecular formula is C17H14N4O3. The van der Waals surface area contributed by atoms with E-state index in [1.165, 1.54) is 4.90 Å². The van der Waals surface area contributed by atoms with Gasteiger partial charge in [0, 0.05) is 5.69 Å². The molecule has 0 saturated heterocycles. The number of para-hydroxylation sites is 1. The van der Waals surface area contributed by atoms with Crippen molar-refractivity contribution < 1.29 is 4.79 Å². The minimum atomic E-state index is -0.822. The molecule has 0 bridgehead atoms. The van der Waals surface area contributed by atoms with Crippen molar-refractivity contribution in [3.8, 4) is 0 Å². The zero-order valence-corrected chi connectivity index (χ0v) is 12.6. The molecule has 1 amide bonds. The summed E-state index contributed by atoms with van der Waals surface area (Å²) in [6.45, 7) is 0.268. The Morgan fingerprint density at radius 3 is 2.21 bits per heavy atom. The Labute approximate surface area is 136 Å². The molecule has 0 aliphatic rings. The van der Waals surface area contributed by atoms with Gasteiger partial charge in [-0.05, 0) is 17.7 Å². The van der Waals surface area contributed by atoms with Crippen LogP contribution in [0.4, 0.5) is 5.69 Å². The normalized spacial score (nSPS) is 10.3. The van der Waals surface area contributed by atoms with Crippen molar-refractivity contribution >= 4 is 11.6 Å². The van der Waals surface area contributed by atoms with Crippen molar-refractivity contribution in [3.63, 3.8) is 0 Å². The lowest BCUT2D eigenvalue weighted by atomic mass is 10.2. The summed E-state index contributed by atoms with van der Waals surface area (Å²) in [6.07, 6.45) is 0. The van der Waals surface area contributed by atoms with Crippen LogP contribution in [0.3, 0.4) is 0 Å². The Morgan fingerprint density at radius 1 is 0.958 bits per heavy atom. The van der Waals surface area contributed by atoms with Gasteiger partial charge in [0.15, 0.2) is 0 Å². The molecule has 2 N–H and O–H groups in total. The summed E-state index contributed by atoms with van der Waals surface area (Å²) >= 11 is 0. The number of aromatic nitrogens is 3. The summed E-state index contributed by atoms with van der Waals surface area (Å²) in [5, 5.41) is 5.68. The van der Waals surface area contributed by atoms with Crippen LogP contribution in [0.2, 0.25) is 0 Å². The molecule has 120 valence electrons. The molecule has 0 saturated carbocycles. The molecule has 0 fully saturated rings. The number of nitrogens with zero attached hydrogens (tertiary/aromatic N) is 2. The molecule has 0 unspecified atom stereocenters. The SMILES string of the molecule is O=C(c1n[nH]c(=O)[nH]c1=O)N(Cc1ccccc1)c1ccccc1. The maximum absolute atomic E-state index is 12.8. The van der Waals surface area contributed by atoms with Gasteiger partial charge in [-0.15, -0.1) is 0 Å². The topological polar surface area (TPSA) is 98.9 Å². The van der Waals surface area contributed by atoms with E-state index < -0.39 is 17.2 Å². The third-order valence-corrected chi connectivity index (χ3v) is 3.41. The summed E-state index contributed by atoms with van der Waals surface area (Å²) < 4.78 is 0. The van der Waals surface area contributed by atoms with Crippen molar-refractivity contribution in [2.24, 2.45) is 0 Å². The number of nitrogens with one attached hydrogen (secondary N) is 2. The minimum Gasteiger partial charge on any atom is -0.302 e. The molecule has 3 aromatic rings. The standard InChI is InChI=1S/C17H14N4O3/c22-15-14(19-20-17(24)18-15)16(23)21(13-9-5-2-6-10-13)11-12-7-3-1-4-8-12/h1-10H,11H2,(H2,18,20,22,24). The number of hydrogen-bond acceptors (Lipinski definition) is 4. The quantitative estimate of drug-likeness (QED) is 0.756. The third kappa shape index (κ3) is 3.30. The maximum Gasteiger partial charge on any atom is 0.342 e. The fourth-order valence-corrected chi connectivity index (χ4v) is 2.27. The molecular weight excluding hydrogens is 308 g/mol. The predicted octanol–water partition coefficient (Wildman–Crippen LogP) is 1.31. The van der Waals surface area contributed by atoms with Crippen LogP contribution in [0.15, 0.2) is 70.3 Å². The van der Waals surface area contributed by atoms with Gasteiger partial charge in [-0.3, -0.25) is 14.6 Å². The molecule has 0 atom stereocenters. The van der Waals surface area contributed by atoms with Gasteiger partial charge in [-0.25, -0.2) is 9.89 Å². The van der Waals surface area contributed by atoms with Gasteiger partial charge in [0.1, 0.15) is 0 Å². The van der Waals surface area contributed by atoms with Gasteiger partial charge in [-0.2, -0.15) is 5.10 Å². The molecule has 7 heteroatoms. The average molecular weight is 322 g/mol. The monoisotopic (exact) mass is 322 g/mol. The molecule has 7 nitrogen and oxygen atoms in total. The molecule has 0 aliphatic heterocycles. The van der Waals surface area contributed by atoms with Gasteiger partial charge < -0.3 is 4.90 Å². The summed E-state index contributed by atoms with van der Waals surface area (Å²) in [6, 6.07) is 18.3. The van der Waals surface area contributed by atoms with E-state index in [0.717, 1.165) is 5.56 Å². The highest BCUT2D eigenvalue weighted by Crippen LogP contribution is 2.18. The van der Waals surface area contributed by atoms with Crippen LogP contribution in [0.25, 0.3) is 0 Å². The van der Waals surface area contributed by atoms with E-state index in [1.54, 1.807) is 24.3 Å². The van der Waals surface area contributed by atoms with Crippen LogP contribution in [0, 0.1) is 0 Å². The van der Waals surface area contributed by atoms with E-state index in [-0.39, 0.29) is 12.2 Å². The summed E-state index contributed by atoms with van der Waals surface area (Å²) in [4.78, 5) is 39.2. The zero-order valence-electron chi connectivity index (χ0n) is 12.6. The largest absolute Gasteiger partial charge is 0.342 e. The van der Waals surface area contributed by atoms with E-state index in [1.807, 2.05) is 41.4 Å². The van der Waals surface area contributed by atoms with E-state index in [0.29, 0.717) is 5.69 Å². The van der Waals surface area contributed by atoms with Crippen LogP contribution in [-0.4, -0.2) is 21.1 Å². The number of aromatic amines is 2. The Hall–Kier alpha value is -3.48. The van der Waals surface area contributed by atoms with E-state index in [9.17, 15) is 14.4 Å². The molecule has 24 heavy (non-hydrogen) atoms. The van der Waals surface area contributed by atoms with Crippen molar-refractivity contribution in [1.82, 2.24) is 15.2 Å². The van der Waals surface area contributed by atoms with E-state index in [2.05, 4.69) is 10.2 Å². The van der Waals surface area contributed by atoms with Crippen molar-refractivity contribution in [3.05, 3.63) is 92.8 Å². The van der Waals surface area contributed by atoms with Crippen LogP contribution in [0.1, 0.15) is 16.1 Å². The first kappa shape index (κ1) is 15.4. The fraction of sp³-hybridized carbons (Fsp3) is 0.0588. The molecule has 1 heterocycles. The number of amides is 1. The van der Waals surface area contributed by atoms with Crippen LogP contribution >= 0.6 is 0 Å². The second kappa shape index (κ2) is 6.74. The van der Waals surface area contributed by atoms with Gasteiger partial charge >= 0.3 is 5.69 Å². The minimum absolute atomic E-state index is 0.268. The summed E-state index contributed by atoms with van der Waals surface area (Å²) in [5.41, 5.74) is -0.424. The highest BCUT2D eigenvalue weighted by molar-refractivity contribution is 6.04. The zero-order chi connectivity index (χ0) is 16.9. The number of H-pyrrole nitrogens is 2. The maximum atomic E-state index is 12.8. The smallest absolute Gasteiger partial charge is 0.302 e. The van der Waals surface area contributed by atoms with Crippen LogP contribution < -0.4 is 16.1 Å². The number of anilines is 1. The highest BCUT2D eigenvalue weighted by Gasteiger charge is 2.22. The molecule has 0 spiro atoms. The van der Waals surface area contributed by atoms with Crippen LogP contribution in [-0.2, 0) is 6.54 Å². The lowest BCUT2D eigenvalue weighted by molar-refractivity contribution is 0.0977. The average Bonchev–Trinajstić information content (AvgIpc) is 2.61. The Bertz CT molecular complexity index is 949. The Kier molecular flexibility index (Phi) is 4.33. The highest BCUT2D eigenvalue weighted by atomic mass is 16.2. The third-order valence-electron chi connectivity index (χ3n) is 3.41. The van der Waals surface area contributed by atoms with E-state index >= 15 is 0 Å². The Morgan fingerprint density at radius 2 is 1.58 bits per heavy atom. The predicted molar refractivity (Wildman–Crippen MR) is 88.9 cm³/mol. The molecule has 0 aliphatic carbocycles. The molecule has 3 rings (SSSR count). The lowest BCUT2D eigenvalue weighted by Crippen LogP contribution is -2.38. The van der Waals surface area contributed by atoms with Crippen molar-refractivity contribution in [1.29, 1.82) is 0 Å². The summed E-state index contributed by atoms with van der Waals surface area (Å²) in [5.74, 6) is -0.595. The lowest BCUT2D eigenvalue weighted by Gasteiger charge is -2.22. The Balaban J connectivity index is 2.02. The summed E-state index contributed by atoms with van der Waals surface area (Å²) in [7, 11) is 0. The number of carbonyl (C=O) groups is 1. The molecule has 1 aromatic heterocycles. The van der Waals surface area contributed by atoms with Gasteiger partial charge in [-0.1, -0.05) is 48.5 Å². The van der Waals surface area contributed by atoms with Gasteiger partial charge in [0.2, 0.25) is 5.69 Å². The first-order valence-corrected chi connectivity index (χ1v) is 7.25. The van der Waals surface area contributed by atoms with Gasteiger partial charge in [0.25, 0.3) is 11.5 Å². The van der Waals surface area contributed by atoms with Gasteiger partial charge in [0.05, 0.1) is 6.54 Å². The molecule has 0 radical (unpaired) electrons. The second-order valence-corrected chi connectivity index (χ2v) is 5.07. The van der Waals surface area contributed by atoms with Crippen molar-refractivity contribution in [2.45, 2.75) is 6.54 Å². The first-order chi connectivity index (χ1) is 11.6.